The molecule has 0 spiro atoms. The predicted octanol–water partition coefficient (Wildman–Crippen LogP) is 2.03. The van der Waals surface area contributed by atoms with Gasteiger partial charge in [0.15, 0.2) is 0 Å². The second kappa shape index (κ2) is 4.92. The van der Waals surface area contributed by atoms with Crippen molar-refractivity contribution in [2.24, 2.45) is 0 Å². The maximum absolute atomic E-state index is 12.8. The Hall–Kier alpha value is -0.960. The van der Waals surface area contributed by atoms with Crippen molar-refractivity contribution in [2.75, 3.05) is 6.54 Å². The Labute approximate surface area is 78.2 Å². The fourth-order valence-electron chi connectivity index (χ4n) is 1.12. The fourth-order valence-corrected chi connectivity index (χ4v) is 1.12. The van der Waals surface area contributed by atoms with Crippen LogP contribution in [-0.4, -0.2) is 11.5 Å². The zero-order valence-electron chi connectivity index (χ0n) is 8.10. The minimum Gasteiger partial charge on any atom is -0.313 e. The Balaban J connectivity index is 2.53. The van der Waals surface area contributed by atoms with Gasteiger partial charge in [0.1, 0.15) is 0 Å². The minimum atomic E-state index is -0.376. The molecule has 3 heteroatoms. The Kier molecular flexibility index (Phi) is 3.83. The van der Waals surface area contributed by atoms with Gasteiger partial charge in [-0.25, -0.2) is 4.98 Å². The van der Waals surface area contributed by atoms with Crippen LogP contribution in [0.4, 0.5) is 4.39 Å². The van der Waals surface area contributed by atoms with Crippen LogP contribution in [0.5, 0.6) is 0 Å². The van der Waals surface area contributed by atoms with Crippen LogP contribution < -0.4 is 5.32 Å². The van der Waals surface area contributed by atoms with Crippen molar-refractivity contribution in [3.8, 4) is 0 Å². The SMILES string of the molecule is CCCNCc1cnc(F)c(C)c1. The van der Waals surface area contributed by atoms with Gasteiger partial charge in [0.05, 0.1) is 0 Å². The van der Waals surface area contributed by atoms with Gasteiger partial charge >= 0.3 is 0 Å². The van der Waals surface area contributed by atoms with Crippen LogP contribution in [0.3, 0.4) is 0 Å². The Morgan fingerprint density at radius 2 is 2.31 bits per heavy atom. The maximum atomic E-state index is 12.8. The summed E-state index contributed by atoms with van der Waals surface area (Å²) in [6.07, 6.45) is 2.68. The molecule has 1 aromatic heterocycles. The first-order valence-corrected chi connectivity index (χ1v) is 4.55. The van der Waals surface area contributed by atoms with E-state index >= 15 is 0 Å². The van der Waals surface area contributed by atoms with Crippen LogP contribution >= 0.6 is 0 Å². The average molecular weight is 182 g/mol. The zero-order chi connectivity index (χ0) is 9.68. The van der Waals surface area contributed by atoms with Crippen molar-refractivity contribution in [2.45, 2.75) is 26.8 Å². The molecule has 1 aromatic rings. The summed E-state index contributed by atoms with van der Waals surface area (Å²) in [6.45, 7) is 5.59. The summed E-state index contributed by atoms with van der Waals surface area (Å²) in [4.78, 5) is 3.65. The summed E-state index contributed by atoms with van der Waals surface area (Å²) in [5.74, 6) is -0.376. The summed E-state index contributed by atoms with van der Waals surface area (Å²) in [6, 6.07) is 1.82. The van der Waals surface area contributed by atoms with Gasteiger partial charge in [0.2, 0.25) is 5.95 Å². The van der Waals surface area contributed by atoms with E-state index < -0.39 is 0 Å². The van der Waals surface area contributed by atoms with Gasteiger partial charge in [0, 0.05) is 18.3 Å². The number of aryl methyl sites for hydroxylation is 1. The number of hydrogen-bond donors (Lipinski definition) is 1. The largest absolute Gasteiger partial charge is 0.313 e. The van der Waals surface area contributed by atoms with Crippen molar-refractivity contribution in [3.05, 3.63) is 29.3 Å². The molecule has 0 amide bonds. The van der Waals surface area contributed by atoms with Crippen molar-refractivity contribution in [1.82, 2.24) is 10.3 Å². The molecule has 0 aliphatic carbocycles. The highest BCUT2D eigenvalue weighted by molar-refractivity contribution is 5.17. The molecule has 0 unspecified atom stereocenters. The zero-order valence-corrected chi connectivity index (χ0v) is 8.10. The van der Waals surface area contributed by atoms with E-state index in [1.54, 1.807) is 13.1 Å². The van der Waals surface area contributed by atoms with Crippen LogP contribution in [-0.2, 0) is 6.54 Å². The lowest BCUT2D eigenvalue weighted by molar-refractivity contribution is 0.570. The average Bonchev–Trinajstić information content (AvgIpc) is 2.12. The van der Waals surface area contributed by atoms with E-state index in [1.165, 1.54) is 0 Å². The van der Waals surface area contributed by atoms with Gasteiger partial charge in [-0.15, -0.1) is 0 Å². The topological polar surface area (TPSA) is 24.9 Å². The molecule has 72 valence electrons. The molecule has 0 aliphatic rings. The molecule has 0 aromatic carbocycles. The molecule has 0 bridgehead atoms. The van der Waals surface area contributed by atoms with E-state index in [0.29, 0.717) is 5.56 Å². The quantitative estimate of drug-likeness (QED) is 0.569. The maximum Gasteiger partial charge on any atom is 0.215 e. The van der Waals surface area contributed by atoms with Crippen LogP contribution in [0.2, 0.25) is 0 Å². The van der Waals surface area contributed by atoms with Crippen LogP contribution in [0.15, 0.2) is 12.3 Å². The van der Waals surface area contributed by atoms with Gasteiger partial charge in [0.25, 0.3) is 0 Å². The second-order valence-electron chi connectivity index (χ2n) is 3.13. The summed E-state index contributed by atoms with van der Waals surface area (Å²) < 4.78 is 12.8. The van der Waals surface area contributed by atoms with Crippen LogP contribution in [0.25, 0.3) is 0 Å². The molecule has 2 nitrogen and oxygen atoms in total. The summed E-state index contributed by atoms with van der Waals surface area (Å²) in [5, 5.41) is 3.24. The third-order valence-electron chi connectivity index (χ3n) is 1.83. The van der Waals surface area contributed by atoms with E-state index in [0.717, 1.165) is 25.1 Å². The highest BCUT2D eigenvalue weighted by Gasteiger charge is 1.99. The van der Waals surface area contributed by atoms with Gasteiger partial charge in [-0.2, -0.15) is 4.39 Å². The van der Waals surface area contributed by atoms with Gasteiger partial charge in [-0.05, 0) is 31.5 Å². The molecule has 1 N–H and O–H groups in total. The van der Waals surface area contributed by atoms with Crippen molar-refractivity contribution in [1.29, 1.82) is 0 Å². The molecule has 0 radical (unpaired) electrons. The molecule has 0 saturated heterocycles. The number of nitrogens with one attached hydrogen (secondary N) is 1. The van der Waals surface area contributed by atoms with Crippen LogP contribution in [0.1, 0.15) is 24.5 Å². The van der Waals surface area contributed by atoms with E-state index in [4.69, 9.17) is 0 Å². The molecule has 0 atom stereocenters. The number of aromatic nitrogens is 1. The molecule has 1 heterocycles. The van der Waals surface area contributed by atoms with Crippen molar-refractivity contribution in [3.63, 3.8) is 0 Å². The standard InChI is InChI=1S/C10H15FN2/c1-3-4-12-6-9-5-8(2)10(11)13-7-9/h5,7,12H,3-4,6H2,1-2H3. The first-order valence-electron chi connectivity index (χ1n) is 4.55. The fraction of sp³-hybridized carbons (Fsp3) is 0.500. The van der Waals surface area contributed by atoms with Crippen LogP contribution in [0, 0.1) is 12.9 Å². The van der Waals surface area contributed by atoms with Crippen molar-refractivity contribution >= 4 is 0 Å². The molecular weight excluding hydrogens is 167 g/mol. The first-order chi connectivity index (χ1) is 6.24. The van der Waals surface area contributed by atoms with E-state index in [-0.39, 0.29) is 5.95 Å². The number of hydrogen-bond acceptors (Lipinski definition) is 2. The van der Waals surface area contributed by atoms with Gasteiger partial charge < -0.3 is 5.32 Å². The normalized spacial score (nSPS) is 10.4. The first kappa shape index (κ1) is 10.1. The number of halogens is 1. The lowest BCUT2D eigenvalue weighted by atomic mass is 10.2. The Morgan fingerprint density at radius 1 is 1.54 bits per heavy atom. The molecule has 0 fully saturated rings. The number of nitrogens with zero attached hydrogens (tertiary/aromatic N) is 1. The molecule has 0 saturated carbocycles. The van der Waals surface area contributed by atoms with E-state index in [9.17, 15) is 4.39 Å². The second-order valence-corrected chi connectivity index (χ2v) is 3.13. The number of pyridine rings is 1. The molecule has 13 heavy (non-hydrogen) atoms. The summed E-state index contributed by atoms with van der Waals surface area (Å²) >= 11 is 0. The van der Waals surface area contributed by atoms with Gasteiger partial charge in [-0.3, -0.25) is 0 Å². The summed E-state index contributed by atoms with van der Waals surface area (Å²) in [5.41, 5.74) is 1.64. The lowest BCUT2D eigenvalue weighted by Gasteiger charge is -2.03. The van der Waals surface area contributed by atoms with E-state index in [1.807, 2.05) is 6.07 Å². The van der Waals surface area contributed by atoms with Crippen molar-refractivity contribution < 1.29 is 4.39 Å². The highest BCUT2D eigenvalue weighted by Crippen LogP contribution is 2.05. The third kappa shape index (κ3) is 3.11. The lowest BCUT2D eigenvalue weighted by Crippen LogP contribution is -2.14. The number of rotatable bonds is 4. The Bertz CT molecular complexity index is 274. The Morgan fingerprint density at radius 3 is 2.92 bits per heavy atom. The smallest absolute Gasteiger partial charge is 0.215 e. The molecular formula is C10H15FN2. The summed E-state index contributed by atoms with van der Waals surface area (Å²) in [7, 11) is 0. The van der Waals surface area contributed by atoms with E-state index in [2.05, 4.69) is 17.2 Å². The van der Waals surface area contributed by atoms with Gasteiger partial charge in [-0.1, -0.05) is 6.92 Å². The monoisotopic (exact) mass is 182 g/mol. The molecule has 1 rings (SSSR count). The highest BCUT2D eigenvalue weighted by atomic mass is 19.1. The minimum absolute atomic E-state index is 0.376. The molecule has 0 aliphatic heterocycles. The predicted molar refractivity (Wildman–Crippen MR) is 50.9 cm³/mol. The third-order valence-corrected chi connectivity index (χ3v) is 1.83.